The topological polar surface area (TPSA) is 53.4 Å². The molecule has 1 N–H and O–H groups in total. The fourth-order valence-corrected chi connectivity index (χ4v) is 3.21. The zero-order chi connectivity index (χ0) is 15.3. The Morgan fingerprint density at radius 2 is 2.00 bits per heavy atom. The maximum atomic E-state index is 11.9. The highest BCUT2D eigenvalue weighted by atomic mass is 16.4. The number of carbonyl (C=O) groups is 1. The Kier molecular flexibility index (Phi) is 5.34. The molecule has 1 aliphatic carbocycles. The van der Waals surface area contributed by atoms with Crippen molar-refractivity contribution < 1.29 is 9.90 Å². The lowest BCUT2D eigenvalue weighted by Gasteiger charge is -2.39. The van der Waals surface area contributed by atoms with Crippen LogP contribution >= 0.6 is 0 Å². The predicted octanol–water partition coefficient (Wildman–Crippen LogP) is 3.18. The van der Waals surface area contributed by atoms with Gasteiger partial charge >= 0.3 is 5.97 Å². The number of aliphatic carboxylic acids is 1. The number of aromatic nitrogens is 1. The molecule has 4 heteroatoms. The molecule has 2 rings (SSSR count). The molecule has 1 aromatic heterocycles. The van der Waals surface area contributed by atoms with Gasteiger partial charge in [-0.25, -0.2) is 0 Å². The van der Waals surface area contributed by atoms with E-state index in [1.807, 2.05) is 12.1 Å². The van der Waals surface area contributed by atoms with Crippen LogP contribution in [0, 0.1) is 11.3 Å². The fraction of sp³-hybridized carbons (Fsp3) is 0.647. The molecule has 4 nitrogen and oxygen atoms in total. The number of rotatable bonds is 6. The molecule has 0 unspecified atom stereocenters. The lowest BCUT2D eigenvalue weighted by Crippen LogP contribution is -2.45. The highest BCUT2D eigenvalue weighted by Gasteiger charge is 2.42. The van der Waals surface area contributed by atoms with Gasteiger partial charge in [-0.05, 0) is 55.8 Å². The van der Waals surface area contributed by atoms with E-state index in [9.17, 15) is 9.90 Å². The van der Waals surface area contributed by atoms with E-state index in [1.54, 1.807) is 12.4 Å². The lowest BCUT2D eigenvalue weighted by atomic mass is 9.70. The Hall–Kier alpha value is -1.42. The van der Waals surface area contributed by atoms with E-state index in [0.717, 1.165) is 38.8 Å². The van der Waals surface area contributed by atoms with E-state index >= 15 is 0 Å². The van der Waals surface area contributed by atoms with Crippen LogP contribution in [0.15, 0.2) is 24.5 Å². The molecule has 1 fully saturated rings. The molecular formula is C17H26N2O2. The third-order valence-electron chi connectivity index (χ3n) is 4.81. The first kappa shape index (κ1) is 16.0. The molecule has 0 saturated heterocycles. The van der Waals surface area contributed by atoms with Crippen molar-refractivity contribution in [1.82, 2.24) is 9.88 Å². The van der Waals surface area contributed by atoms with Crippen LogP contribution in [0.3, 0.4) is 0 Å². The molecule has 1 saturated carbocycles. The number of hydrogen-bond donors (Lipinski definition) is 1. The van der Waals surface area contributed by atoms with E-state index < -0.39 is 11.4 Å². The molecule has 0 bridgehead atoms. The van der Waals surface area contributed by atoms with E-state index in [2.05, 4.69) is 23.7 Å². The van der Waals surface area contributed by atoms with Gasteiger partial charge in [0.25, 0.3) is 0 Å². The van der Waals surface area contributed by atoms with Crippen LogP contribution in [-0.2, 0) is 11.3 Å². The van der Waals surface area contributed by atoms with E-state index in [-0.39, 0.29) is 0 Å². The Morgan fingerprint density at radius 3 is 2.52 bits per heavy atom. The van der Waals surface area contributed by atoms with Gasteiger partial charge in [0.05, 0.1) is 5.41 Å². The maximum absolute atomic E-state index is 11.9. The zero-order valence-electron chi connectivity index (χ0n) is 13.1. The predicted molar refractivity (Wildman–Crippen MR) is 82.9 cm³/mol. The second-order valence-corrected chi connectivity index (χ2v) is 6.43. The van der Waals surface area contributed by atoms with Gasteiger partial charge in [0.1, 0.15) is 0 Å². The largest absolute Gasteiger partial charge is 0.481 e. The number of hydrogen-bond acceptors (Lipinski definition) is 3. The molecule has 116 valence electrons. The standard InChI is InChI=1S/C17H26N2O2/c1-3-19(12-15-6-10-18-11-7-15)13-17(16(20)21)8-4-14(2)5-9-17/h6-7,10-11,14H,3-5,8-9,12-13H2,1-2H3,(H,20,21). The van der Waals surface area contributed by atoms with Crippen molar-refractivity contribution in [2.75, 3.05) is 13.1 Å². The van der Waals surface area contributed by atoms with Crippen LogP contribution in [0.2, 0.25) is 0 Å². The minimum absolute atomic E-state index is 0.560. The highest BCUT2D eigenvalue weighted by molar-refractivity contribution is 5.75. The first-order valence-electron chi connectivity index (χ1n) is 7.90. The Morgan fingerprint density at radius 1 is 1.38 bits per heavy atom. The quantitative estimate of drug-likeness (QED) is 0.874. The van der Waals surface area contributed by atoms with Crippen LogP contribution in [0.1, 0.15) is 45.1 Å². The average Bonchev–Trinajstić information content (AvgIpc) is 2.50. The Labute approximate surface area is 127 Å². The monoisotopic (exact) mass is 290 g/mol. The van der Waals surface area contributed by atoms with Gasteiger partial charge in [-0.3, -0.25) is 14.7 Å². The lowest BCUT2D eigenvalue weighted by molar-refractivity contribution is -0.153. The molecule has 0 amide bonds. The summed E-state index contributed by atoms with van der Waals surface area (Å²) >= 11 is 0. The third kappa shape index (κ3) is 4.03. The molecule has 0 aliphatic heterocycles. The first-order valence-corrected chi connectivity index (χ1v) is 7.90. The van der Waals surface area contributed by atoms with Gasteiger partial charge in [-0.15, -0.1) is 0 Å². The van der Waals surface area contributed by atoms with Gasteiger partial charge < -0.3 is 5.11 Å². The summed E-state index contributed by atoms with van der Waals surface area (Å²) < 4.78 is 0. The van der Waals surface area contributed by atoms with Crippen molar-refractivity contribution in [3.05, 3.63) is 30.1 Å². The number of carboxylic acid groups (broad SMARTS) is 1. The van der Waals surface area contributed by atoms with Crippen LogP contribution < -0.4 is 0 Å². The second-order valence-electron chi connectivity index (χ2n) is 6.43. The van der Waals surface area contributed by atoms with Crippen molar-refractivity contribution >= 4 is 5.97 Å². The number of nitrogens with zero attached hydrogens (tertiary/aromatic N) is 2. The Bertz CT molecular complexity index is 453. The maximum Gasteiger partial charge on any atom is 0.310 e. The molecular weight excluding hydrogens is 264 g/mol. The summed E-state index contributed by atoms with van der Waals surface area (Å²) in [7, 11) is 0. The zero-order valence-corrected chi connectivity index (χ0v) is 13.1. The van der Waals surface area contributed by atoms with E-state index in [0.29, 0.717) is 12.5 Å². The van der Waals surface area contributed by atoms with Crippen LogP contribution in [-0.4, -0.2) is 34.0 Å². The Balaban J connectivity index is 2.06. The third-order valence-corrected chi connectivity index (χ3v) is 4.81. The van der Waals surface area contributed by atoms with E-state index in [1.165, 1.54) is 5.56 Å². The minimum atomic E-state index is -0.623. The average molecular weight is 290 g/mol. The smallest absolute Gasteiger partial charge is 0.310 e. The molecule has 1 aromatic rings. The molecule has 0 radical (unpaired) electrons. The van der Waals surface area contributed by atoms with Crippen molar-refractivity contribution in [1.29, 1.82) is 0 Å². The molecule has 21 heavy (non-hydrogen) atoms. The molecule has 0 spiro atoms. The summed E-state index contributed by atoms with van der Waals surface area (Å²) in [5.41, 5.74) is 0.631. The summed E-state index contributed by atoms with van der Waals surface area (Å²) in [6.45, 7) is 6.63. The summed E-state index contributed by atoms with van der Waals surface area (Å²) in [5.74, 6) is 0.0373. The van der Waals surface area contributed by atoms with Gasteiger partial charge in [0.15, 0.2) is 0 Å². The van der Waals surface area contributed by atoms with Crippen molar-refractivity contribution in [3.63, 3.8) is 0 Å². The van der Waals surface area contributed by atoms with Crippen molar-refractivity contribution in [2.24, 2.45) is 11.3 Å². The normalized spacial score (nSPS) is 26.0. The summed E-state index contributed by atoms with van der Waals surface area (Å²) in [5, 5.41) is 9.75. The van der Waals surface area contributed by atoms with Gasteiger partial charge in [0, 0.05) is 25.5 Å². The van der Waals surface area contributed by atoms with Crippen molar-refractivity contribution in [3.8, 4) is 0 Å². The molecule has 0 aromatic carbocycles. The molecule has 1 aliphatic rings. The number of pyridine rings is 1. The van der Waals surface area contributed by atoms with Gasteiger partial charge in [0.2, 0.25) is 0 Å². The first-order chi connectivity index (χ1) is 10.1. The number of carboxylic acids is 1. The second kappa shape index (κ2) is 7.03. The SMILES string of the molecule is CCN(Cc1ccncc1)CC1(C(=O)O)CCC(C)CC1. The van der Waals surface area contributed by atoms with Crippen LogP contribution in [0.4, 0.5) is 0 Å². The highest BCUT2D eigenvalue weighted by Crippen LogP contribution is 2.40. The summed E-state index contributed by atoms with van der Waals surface area (Å²) in [6.07, 6.45) is 7.24. The van der Waals surface area contributed by atoms with Crippen LogP contribution in [0.5, 0.6) is 0 Å². The fourth-order valence-electron chi connectivity index (χ4n) is 3.21. The van der Waals surface area contributed by atoms with E-state index in [4.69, 9.17) is 0 Å². The van der Waals surface area contributed by atoms with Gasteiger partial charge in [-0.2, -0.15) is 0 Å². The van der Waals surface area contributed by atoms with Crippen LogP contribution in [0.25, 0.3) is 0 Å². The molecule has 0 atom stereocenters. The summed E-state index contributed by atoms with van der Waals surface area (Å²) in [4.78, 5) is 18.1. The minimum Gasteiger partial charge on any atom is -0.481 e. The van der Waals surface area contributed by atoms with Gasteiger partial charge in [-0.1, -0.05) is 13.8 Å². The molecule has 1 heterocycles. The van der Waals surface area contributed by atoms with Crippen molar-refractivity contribution in [2.45, 2.75) is 46.1 Å². The summed E-state index contributed by atoms with van der Waals surface area (Å²) in [6, 6.07) is 4.00.